The largest absolute Gasteiger partial charge is 0.624 e. The second kappa shape index (κ2) is 18.9. The van der Waals surface area contributed by atoms with E-state index >= 15 is 0 Å². The molecule has 2 saturated heterocycles. The summed E-state index contributed by atoms with van der Waals surface area (Å²) in [6.07, 6.45) is -1.03. The molecule has 8 atom stereocenters. The average Bonchev–Trinajstić information content (AvgIpc) is 3.59. The van der Waals surface area contributed by atoms with E-state index in [0.29, 0.717) is 0 Å². The minimum atomic E-state index is -2.57. The summed E-state index contributed by atoms with van der Waals surface area (Å²) in [5.74, 6) is -0.454. The summed E-state index contributed by atoms with van der Waals surface area (Å²) >= 11 is 0. The van der Waals surface area contributed by atoms with Crippen molar-refractivity contribution in [2.75, 3.05) is 13.2 Å². The lowest BCUT2D eigenvalue weighted by atomic mass is 9.95. The Morgan fingerprint density at radius 2 is 0.984 bits per heavy atom. The van der Waals surface area contributed by atoms with Gasteiger partial charge in [0, 0.05) is 36.9 Å². The molecule has 2 N–H and O–H groups in total. The first-order chi connectivity index (χ1) is 28.8. The normalized spacial score (nSPS) is 25.9. The van der Waals surface area contributed by atoms with Crippen molar-refractivity contribution in [1.29, 1.82) is 0 Å². The molecule has 2 aromatic rings. The van der Waals surface area contributed by atoms with E-state index in [9.17, 15) is 24.4 Å². The molecule has 364 valence electrons. The third kappa shape index (κ3) is 12.1. The Bertz CT molecular complexity index is 2210. The minimum absolute atomic E-state index is 0.0974. The van der Waals surface area contributed by atoms with Crippen molar-refractivity contribution in [2.24, 2.45) is 5.92 Å². The zero-order valence-electron chi connectivity index (χ0n) is 42.5. The summed E-state index contributed by atoms with van der Waals surface area (Å²) < 4.78 is 45.3. The molecule has 4 rings (SSSR count). The van der Waals surface area contributed by atoms with E-state index in [2.05, 4.69) is 145 Å². The van der Waals surface area contributed by atoms with Gasteiger partial charge in [0.05, 0.1) is 18.8 Å². The third-order valence-corrected chi connectivity index (χ3v) is 33.0. The molecule has 2 aliphatic heterocycles. The van der Waals surface area contributed by atoms with Gasteiger partial charge in [0.1, 0.15) is 18.3 Å². The summed E-state index contributed by atoms with van der Waals surface area (Å²) in [6.45, 7) is 42.8. The molecule has 2 fully saturated rings. The molecule has 0 radical (unpaired) electrons. The molecule has 4 heterocycles. The van der Waals surface area contributed by atoms with E-state index < -0.39 is 105 Å². The molecule has 2 aliphatic rings. The van der Waals surface area contributed by atoms with Gasteiger partial charge in [-0.25, -0.2) is 14.3 Å². The number of aromatic nitrogens is 4. The van der Waals surface area contributed by atoms with Crippen LogP contribution >= 0.6 is 0 Å². The van der Waals surface area contributed by atoms with Gasteiger partial charge >= 0.3 is 11.4 Å². The van der Waals surface area contributed by atoms with Crippen LogP contribution in [0.3, 0.4) is 0 Å². The second-order valence-corrected chi connectivity index (χ2v) is 43.0. The number of hydroxylamine groups is 1. The maximum Gasteiger partial charge on any atom is 0.330 e. The van der Waals surface area contributed by atoms with E-state index in [-0.39, 0.29) is 39.7 Å². The van der Waals surface area contributed by atoms with Crippen molar-refractivity contribution < 1.29 is 31.9 Å². The molecular weight excluding hydrogens is 887 g/mol. The maximum atomic E-state index is 14.5. The van der Waals surface area contributed by atoms with Crippen molar-refractivity contribution >= 4 is 39.5 Å². The molecule has 8 unspecified atom stereocenters. The Kier molecular flexibility index (Phi) is 15.9. The lowest BCUT2D eigenvalue weighted by Crippen LogP contribution is -2.54. The van der Waals surface area contributed by atoms with Crippen LogP contribution in [0.15, 0.2) is 43.7 Å². The van der Waals surface area contributed by atoms with Crippen molar-refractivity contribution in [3.05, 3.63) is 71.4 Å². The number of ether oxygens (including phenoxy) is 2. The zero-order valence-corrected chi connectivity index (χ0v) is 46.5. The van der Waals surface area contributed by atoms with Crippen LogP contribution < -0.4 is 22.5 Å². The Labute approximate surface area is 384 Å². The van der Waals surface area contributed by atoms with Crippen LogP contribution in [0, 0.1) is 11.1 Å². The highest BCUT2D eigenvalue weighted by molar-refractivity contribution is 6.75. The highest BCUT2D eigenvalue weighted by Gasteiger charge is 2.56. The van der Waals surface area contributed by atoms with Crippen molar-refractivity contribution in [2.45, 2.75) is 205 Å². The average molecular weight is 968 g/mol. The highest BCUT2D eigenvalue weighted by atomic mass is 28.4. The van der Waals surface area contributed by atoms with Crippen molar-refractivity contribution in [3.63, 3.8) is 0 Å². The van der Waals surface area contributed by atoms with Gasteiger partial charge < -0.3 is 32.4 Å². The summed E-state index contributed by atoms with van der Waals surface area (Å²) in [5, 5.41) is 13.8. The Morgan fingerprint density at radius 3 is 1.39 bits per heavy atom. The van der Waals surface area contributed by atoms with E-state index in [1.807, 2.05) is 0 Å². The SMILES string of the molecule is CC(C)(C)[Si](C)(C)OCC1OC(n2ccc(=O)[nH]c2=O)C(O[Si](C)(C)C(C)(C)C)C1C/C=[N+](\[O-])CC1OC(n2ccc(=O)[nH]c2=O)C(O[Si](C)(C)C(C)(C)C)C1O[Si](C)(C)C(C)(C)C. The molecule has 64 heavy (non-hydrogen) atoms. The molecule has 0 amide bonds. The highest BCUT2D eigenvalue weighted by Crippen LogP contribution is 2.47. The molecule has 20 heteroatoms. The van der Waals surface area contributed by atoms with Crippen LogP contribution in [0.4, 0.5) is 0 Å². The van der Waals surface area contributed by atoms with E-state index in [0.717, 1.165) is 4.74 Å². The first-order valence-electron chi connectivity index (χ1n) is 22.7. The van der Waals surface area contributed by atoms with Gasteiger partial charge in [-0.3, -0.25) is 28.7 Å². The van der Waals surface area contributed by atoms with Crippen LogP contribution in [-0.2, 0) is 27.2 Å². The summed E-state index contributed by atoms with van der Waals surface area (Å²) in [7, 11) is -10.00. The summed E-state index contributed by atoms with van der Waals surface area (Å²) in [6, 6.07) is 2.55. The fraction of sp³-hybridized carbons (Fsp3) is 0.795. The first kappa shape index (κ1) is 54.1. The van der Waals surface area contributed by atoms with Gasteiger partial charge in [-0.15, -0.1) is 0 Å². The predicted octanol–water partition coefficient (Wildman–Crippen LogP) is 7.66. The number of hydrogen-bond acceptors (Lipinski definition) is 11. The Morgan fingerprint density at radius 1 is 0.609 bits per heavy atom. The number of hydrogen-bond donors (Lipinski definition) is 2. The number of nitrogens with one attached hydrogen (secondary N) is 2. The molecule has 0 aromatic carbocycles. The predicted molar refractivity (Wildman–Crippen MR) is 262 cm³/mol. The minimum Gasteiger partial charge on any atom is -0.624 e. The number of nitrogens with zero attached hydrogens (tertiary/aromatic N) is 3. The fourth-order valence-corrected chi connectivity index (χ4v) is 11.7. The van der Waals surface area contributed by atoms with Gasteiger partial charge in [0.25, 0.3) is 11.1 Å². The maximum absolute atomic E-state index is 14.5. The van der Waals surface area contributed by atoms with Gasteiger partial charge in [0.15, 0.2) is 58.5 Å². The Balaban J connectivity index is 1.84. The second-order valence-electron chi connectivity index (χ2n) is 23.9. The smallest absolute Gasteiger partial charge is 0.330 e. The van der Waals surface area contributed by atoms with Crippen molar-refractivity contribution in [3.8, 4) is 0 Å². The van der Waals surface area contributed by atoms with Crippen LogP contribution in [0.5, 0.6) is 0 Å². The molecular formula is C44H81N5O11Si4. The number of aromatic amines is 2. The molecule has 16 nitrogen and oxygen atoms in total. The molecule has 0 spiro atoms. The van der Waals surface area contributed by atoms with Crippen LogP contribution in [0.1, 0.15) is 102 Å². The van der Waals surface area contributed by atoms with E-state index in [1.54, 1.807) is 6.21 Å². The van der Waals surface area contributed by atoms with Crippen LogP contribution in [0.2, 0.25) is 72.5 Å². The third-order valence-electron chi connectivity index (χ3n) is 15.1. The van der Waals surface area contributed by atoms with Gasteiger partial charge in [-0.1, -0.05) is 83.1 Å². The van der Waals surface area contributed by atoms with Crippen LogP contribution in [-0.4, -0.2) is 107 Å². The molecule has 0 saturated carbocycles. The van der Waals surface area contributed by atoms with Crippen molar-refractivity contribution in [1.82, 2.24) is 19.1 Å². The molecule has 0 bridgehead atoms. The first-order valence-corrected chi connectivity index (χ1v) is 34.3. The number of H-pyrrole nitrogens is 2. The molecule has 0 aliphatic carbocycles. The van der Waals surface area contributed by atoms with Gasteiger partial charge in [0.2, 0.25) is 0 Å². The lowest BCUT2D eigenvalue weighted by Gasteiger charge is -2.44. The quantitative estimate of drug-likeness (QED) is 0.0586. The fourth-order valence-electron chi connectivity index (χ4n) is 6.75. The van der Waals surface area contributed by atoms with E-state index in [1.165, 1.54) is 33.7 Å². The number of rotatable bonds is 15. The standard InChI is InChI=1S/C44H81N5O11Si4/c1-41(2,3)61(13,14)55-28-31-29(34(58-62(15,16)42(4,5)6)37(57-31)48-25-22-32(50)45-39(48)52)21-24-47(54)27-30-35(59-63(17,18)43(7,8)9)36(60-64(19,20)44(10,11)12)38(56-30)49-26-23-33(51)46-40(49)53/h22-26,29-31,34-38H,21,27-28H2,1-20H3,(H,45,50,52)(H,46,51,53)/b47-24-. The van der Waals surface area contributed by atoms with Crippen LogP contribution in [0.25, 0.3) is 0 Å². The lowest BCUT2D eigenvalue weighted by molar-refractivity contribution is -0.468. The topological polar surface area (TPSA) is 191 Å². The van der Waals surface area contributed by atoms with Gasteiger partial charge in [-0.2, -0.15) is 0 Å². The Hall–Kier alpha value is -2.54. The summed E-state index contributed by atoms with van der Waals surface area (Å²) in [4.78, 5) is 56.0. The molecule has 2 aromatic heterocycles. The summed E-state index contributed by atoms with van der Waals surface area (Å²) in [5.41, 5.74) is -2.35. The monoisotopic (exact) mass is 968 g/mol. The van der Waals surface area contributed by atoms with Gasteiger partial charge in [-0.05, 0) is 72.5 Å². The zero-order chi connectivity index (χ0) is 49.0. The van der Waals surface area contributed by atoms with E-state index in [4.69, 9.17) is 27.2 Å².